The van der Waals surface area contributed by atoms with Gasteiger partial charge >= 0.3 is 6.03 Å². The van der Waals surface area contributed by atoms with E-state index in [1.165, 1.54) is 6.20 Å². The van der Waals surface area contributed by atoms with Crippen LogP contribution in [-0.2, 0) is 0 Å². The molecule has 1 fully saturated rings. The number of halogens is 2. The smallest absolute Gasteiger partial charge is 0.320 e. The van der Waals surface area contributed by atoms with Gasteiger partial charge in [-0.25, -0.2) is 13.6 Å². The maximum atomic E-state index is 12.2. The fourth-order valence-corrected chi connectivity index (χ4v) is 2.24. The molecule has 6 nitrogen and oxygen atoms in total. The third-order valence-electron chi connectivity index (χ3n) is 2.61. The second kappa shape index (κ2) is 6.01. The van der Waals surface area contributed by atoms with Gasteiger partial charge in [0.05, 0.1) is 24.5 Å². The van der Waals surface area contributed by atoms with Crippen LogP contribution in [0.25, 0.3) is 0 Å². The Morgan fingerprint density at radius 1 is 1.67 bits per heavy atom. The molecular weight excluding hydrogens is 264 g/mol. The van der Waals surface area contributed by atoms with Crippen LogP contribution in [0, 0.1) is 0 Å². The Morgan fingerprint density at radius 3 is 3.17 bits per heavy atom. The molecule has 1 atom stereocenters. The van der Waals surface area contributed by atoms with Gasteiger partial charge in [0, 0.05) is 19.1 Å². The van der Waals surface area contributed by atoms with Crippen LogP contribution in [0.1, 0.15) is 6.42 Å². The zero-order chi connectivity index (χ0) is 13.0. The van der Waals surface area contributed by atoms with E-state index < -0.39 is 6.43 Å². The molecule has 2 rings (SSSR count). The third-order valence-corrected chi connectivity index (χ3v) is 3.08. The number of carbonyl (C=O) groups is 1. The summed E-state index contributed by atoms with van der Waals surface area (Å²) >= 11 is 0.997. The summed E-state index contributed by atoms with van der Waals surface area (Å²) in [6, 6.07) is -0.484. The molecule has 1 aromatic heterocycles. The summed E-state index contributed by atoms with van der Waals surface area (Å²) in [5, 5.41) is 5.25. The summed E-state index contributed by atoms with van der Waals surface area (Å²) in [5.74, 6) is 0.389. The molecule has 9 heteroatoms. The van der Waals surface area contributed by atoms with Gasteiger partial charge in [-0.1, -0.05) is 0 Å². The monoisotopic (exact) mass is 277 g/mol. The summed E-state index contributed by atoms with van der Waals surface area (Å²) in [6.07, 6.45) is -0.212. The zero-order valence-electron chi connectivity index (χ0n) is 9.47. The van der Waals surface area contributed by atoms with Crippen molar-refractivity contribution in [2.75, 3.05) is 25.0 Å². The van der Waals surface area contributed by atoms with E-state index in [1.807, 2.05) is 0 Å². The number of aromatic nitrogens is 2. The van der Waals surface area contributed by atoms with Crippen molar-refractivity contribution in [3.63, 3.8) is 0 Å². The fourth-order valence-electron chi connectivity index (χ4n) is 1.87. The molecule has 0 bridgehead atoms. The van der Waals surface area contributed by atoms with Crippen LogP contribution >= 0.6 is 11.7 Å². The minimum absolute atomic E-state index is 0.102. The summed E-state index contributed by atoms with van der Waals surface area (Å²) in [7, 11) is 0. The fraction of sp³-hybridized carbons (Fsp3) is 0.667. The average molecular weight is 277 g/mol. The topological polar surface area (TPSA) is 70.1 Å². The lowest BCUT2D eigenvalue weighted by Crippen LogP contribution is -2.40. The SMILES string of the molecule is O=C(Nc1cnsn1)NC1CCN(CC(F)F)C1. The Kier molecular flexibility index (Phi) is 4.37. The van der Waals surface area contributed by atoms with Crippen LogP contribution in [0.3, 0.4) is 0 Å². The van der Waals surface area contributed by atoms with E-state index >= 15 is 0 Å². The Bertz CT molecular complexity index is 388. The molecule has 0 spiro atoms. The Balaban J connectivity index is 1.72. The lowest BCUT2D eigenvalue weighted by molar-refractivity contribution is 0.0988. The number of hydrogen-bond donors (Lipinski definition) is 2. The third kappa shape index (κ3) is 3.84. The van der Waals surface area contributed by atoms with E-state index in [0.717, 1.165) is 11.7 Å². The highest BCUT2D eigenvalue weighted by molar-refractivity contribution is 6.99. The number of urea groups is 1. The van der Waals surface area contributed by atoms with Gasteiger partial charge in [-0.15, -0.1) is 0 Å². The summed E-state index contributed by atoms with van der Waals surface area (Å²) < 4.78 is 31.9. The Labute approximate surface area is 107 Å². The van der Waals surface area contributed by atoms with Gasteiger partial charge in [0.25, 0.3) is 6.43 Å². The van der Waals surface area contributed by atoms with E-state index in [4.69, 9.17) is 0 Å². The molecule has 0 aliphatic carbocycles. The van der Waals surface area contributed by atoms with Crippen molar-refractivity contribution >= 4 is 23.6 Å². The van der Waals surface area contributed by atoms with Crippen LogP contribution in [0.15, 0.2) is 6.20 Å². The number of nitrogens with zero attached hydrogens (tertiary/aromatic N) is 3. The predicted molar refractivity (Wildman–Crippen MR) is 62.9 cm³/mol. The predicted octanol–water partition coefficient (Wildman–Crippen LogP) is 0.999. The van der Waals surface area contributed by atoms with Gasteiger partial charge in [0.1, 0.15) is 0 Å². The van der Waals surface area contributed by atoms with Gasteiger partial charge in [0.15, 0.2) is 5.82 Å². The first-order valence-electron chi connectivity index (χ1n) is 5.49. The molecule has 2 amide bonds. The number of rotatable bonds is 4. The number of amides is 2. The standard InChI is InChI=1S/C9H13F2N5OS/c10-7(11)5-16-2-1-6(4-16)13-9(17)14-8-3-12-18-15-8/h3,6-7H,1-2,4-5H2,(H2,13,14,15,17). The second-order valence-corrected chi connectivity index (χ2v) is 4.58. The van der Waals surface area contributed by atoms with Gasteiger partial charge < -0.3 is 5.32 Å². The van der Waals surface area contributed by atoms with E-state index in [0.29, 0.717) is 25.3 Å². The van der Waals surface area contributed by atoms with E-state index in [-0.39, 0.29) is 18.6 Å². The van der Waals surface area contributed by atoms with Crippen molar-refractivity contribution in [3.05, 3.63) is 6.20 Å². The molecule has 0 saturated carbocycles. The molecule has 0 aromatic carbocycles. The molecule has 1 saturated heterocycles. The molecule has 100 valence electrons. The van der Waals surface area contributed by atoms with Crippen LogP contribution in [0.2, 0.25) is 0 Å². The van der Waals surface area contributed by atoms with Crippen molar-refractivity contribution in [1.82, 2.24) is 19.0 Å². The quantitative estimate of drug-likeness (QED) is 0.861. The van der Waals surface area contributed by atoms with Crippen LogP contribution in [-0.4, -0.2) is 51.8 Å². The number of hydrogen-bond acceptors (Lipinski definition) is 5. The molecule has 0 radical (unpaired) electrons. The molecular formula is C9H13F2N5OS. The molecule has 2 N–H and O–H groups in total. The van der Waals surface area contributed by atoms with Crippen molar-refractivity contribution in [2.45, 2.75) is 18.9 Å². The van der Waals surface area contributed by atoms with Crippen LogP contribution < -0.4 is 10.6 Å². The first kappa shape index (κ1) is 13.1. The van der Waals surface area contributed by atoms with Crippen LogP contribution in [0.4, 0.5) is 19.4 Å². The molecule has 18 heavy (non-hydrogen) atoms. The van der Waals surface area contributed by atoms with Gasteiger partial charge in [0.2, 0.25) is 0 Å². The second-order valence-electron chi connectivity index (χ2n) is 4.03. The highest BCUT2D eigenvalue weighted by Gasteiger charge is 2.25. The van der Waals surface area contributed by atoms with E-state index in [1.54, 1.807) is 4.90 Å². The zero-order valence-corrected chi connectivity index (χ0v) is 10.3. The Hall–Kier alpha value is -1.35. The summed E-state index contributed by atoms with van der Waals surface area (Å²) in [6.45, 7) is 0.788. The molecule has 1 aromatic rings. The van der Waals surface area contributed by atoms with Crippen LogP contribution in [0.5, 0.6) is 0 Å². The van der Waals surface area contributed by atoms with Gasteiger partial charge in [-0.05, 0) is 6.42 Å². The first-order valence-corrected chi connectivity index (χ1v) is 6.22. The van der Waals surface area contributed by atoms with Crippen molar-refractivity contribution in [3.8, 4) is 0 Å². The minimum atomic E-state index is -2.33. The normalized spacial score (nSPS) is 20.3. The molecule has 1 aliphatic rings. The van der Waals surface area contributed by atoms with Crippen molar-refractivity contribution in [2.24, 2.45) is 0 Å². The van der Waals surface area contributed by atoms with Crippen molar-refractivity contribution in [1.29, 1.82) is 0 Å². The highest BCUT2D eigenvalue weighted by atomic mass is 32.1. The lowest BCUT2D eigenvalue weighted by Gasteiger charge is -2.15. The largest absolute Gasteiger partial charge is 0.334 e. The van der Waals surface area contributed by atoms with E-state index in [9.17, 15) is 13.6 Å². The van der Waals surface area contributed by atoms with E-state index in [2.05, 4.69) is 19.4 Å². The van der Waals surface area contributed by atoms with Gasteiger partial charge in [-0.3, -0.25) is 10.2 Å². The summed E-state index contributed by atoms with van der Waals surface area (Å²) in [5.41, 5.74) is 0. The first-order chi connectivity index (χ1) is 8.63. The number of likely N-dealkylation sites (tertiary alicyclic amines) is 1. The number of nitrogens with one attached hydrogen (secondary N) is 2. The van der Waals surface area contributed by atoms with Crippen molar-refractivity contribution < 1.29 is 13.6 Å². The number of carbonyl (C=O) groups excluding carboxylic acids is 1. The average Bonchev–Trinajstić information content (AvgIpc) is 2.89. The molecule has 2 heterocycles. The Morgan fingerprint density at radius 2 is 2.50 bits per heavy atom. The maximum absolute atomic E-state index is 12.2. The molecule has 1 unspecified atom stereocenters. The molecule has 1 aliphatic heterocycles. The number of anilines is 1. The minimum Gasteiger partial charge on any atom is -0.334 e. The summed E-state index contributed by atoms with van der Waals surface area (Å²) in [4.78, 5) is 13.2. The lowest BCUT2D eigenvalue weighted by atomic mass is 10.3. The highest BCUT2D eigenvalue weighted by Crippen LogP contribution is 2.11. The maximum Gasteiger partial charge on any atom is 0.320 e. The van der Waals surface area contributed by atoms with Gasteiger partial charge in [-0.2, -0.15) is 8.75 Å². The number of alkyl halides is 2.